The van der Waals surface area contributed by atoms with Crippen molar-refractivity contribution >= 4 is 34.0 Å². The molecule has 5 nitrogen and oxygen atoms in total. The number of hydrogen-bond acceptors (Lipinski definition) is 4. The van der Waals surface area contributed by atoms with Crippen LogP contribution in [0.4, 0.5) is 10.8 Å². The summed E-state index contributed by atoms with van der Waals surface area (Å²) in [5, 5.41) is 3.34. The minimum absolute atomic E-state index is 0.0734. The number of aryl methyl sites for hydroxylation is 1. The van der Waals surface area contributed by atoms with Crippen molar-refractivity contribution < 1.29 is 9.59 Å². The highest BCUT2D eigenvalue weighted by Gasteiger charge is 2.23. The van der Waals surface area contributed by atoms with Gasteiger partial charge in [0.05, 0.1) is 5.69 Å². The maximum Gasteiger partial charge on any atom is 0.223 e. The van der Waals surface area contributed by atoms with Crippen LogP contribution in [0.15, 0.2) is 18.2 Å². The number of nitrogens with one attached hydrogen (secondary N) is 1. The number of anilines is 2. The van der Waals surface area contributed by atoms with Gasteiger partial charge in [0.2, 0.25) is 11.8 Å². The van der Waals surface area contributed by atoms with Crippen LogP contribution in [0, 0.1) is 6.92 Å². The molecule has 1 aliphatic heterocycles. The van der Waals surface area contributed by atoms with Gasteiger partial charge in [0, 0.05) is 36.5 Å². The fraction of sp³-hybridized carbons (Fsp3) is 0.312. The van der Waals surface area contributed by atoms with Crippen molar-refractivity contribution in [3.63, 3.8) is 0 Å². The summed E-state index contributed by atoms with van der Waals surface area (Å²) < 4.78 is 0. The molecule has 1 N–H and O–H groups in total. The van der Waals surface area contributed by atoms with Crippen LogP contribution < -0.4 is 10.2 Å². The minimum Gasteiger partial charge on any atom is -0.312 e. The Hall–Kier alpha value is -2.21. The number of nitrogens with zero attached hydrogens (tertiary/aromatic N) is 2. The highest BCUT2D eigenvalue weighted by Crippen LogP contribution is 2.35. The number of rotatable bonds is 2. The average Bonchev–Trinajstić information content (AvgIpc) is 3.00. The Morgan fingerprint density at radius 2 is 2.09 bits per heavy atom. The fourth-order valence-corrected chi connectivity index (χ4v) is 3.63. The first kappa shape index (κ1) is 14.7. The molecule has 22 heavy (non-hydrogen) atoms. The molecule has 0 radical (unpaired) electrons. The van der Waals surface area contributed by atoms with Gasteiger partial charge in [-0.25, -0.2) is 4.98 Å². The van der Waals surface area contributed by atoms with E-state index >= 15 is 0 Å². The number of hydrogen-bond donors (Lipinski definition) is 1. The monoisotopic (exact) mass is 315 g/mol. The average molecular weight is 315 g/mol. The number of thiazole rings is 1. The molecular formula is C16H17N3O2S. The molecule has 2 heterocycles. The molecule has 0 bridgehead atoms. The van der Waals surface area contributed by atoms with E-state index in [0.29, 0.717) is 5.13 Å². The van der Waals surface area contributed by atoms with Gasteiger partial charge in [0.15, 0.2) is 5.13 Å². The van der Waals surface area contributed by atoms with E-state index in [4.69, 9.17) is 0 Å². The van der Waals surface area contributed by atoms with Gasteiger partial charge >= 0.3 is 0 Å². The largest absolute Gasteiger partial charge is 0.312 e. The Bertz CT molecular complexity index is 767. The number of carbonyl (C=O) groups excluding carboxylic acids is 2. The Balaban J connectivity index is 1.96. The quantitative estimate of drug-likeness (QED) is 0.926. The first-order valence-electron chi connectivity index (χ1n) is 7.12. The molecule has 0 atom stereocenters. The summed E-state index contributed by atoms with van der Waals surface area (Å²) >= 11 is 1.47. The second kappa shape index (κ2) is 5.53. The molecule has 1 aromatic carbocycles. The molecule has 6 heteroatoms. The van der Waals surface area contributed by atoms with Crippen LogP contribution in [-0.2, 0) is 16.0 Å². The summed E-state index contributed by atoms with van der Waals surface area (Å²) in [6.45, 7) is 5.80. The van der Waals surface area contributed by atoms with Gasteiger partial charge in [0.25, 0.3) is 0 Å². The molecule has 1 aliphatic rings. The second-order valence-electron chi connectivity index (χ2n) is 5.37. The maximum atomic E-state index is 11.6. The lowest BCUT2D eigenvalue weighted by Gasteiger charge is -2.14. The molecule has 3 rings (SSSR count). The van der Waals surface area contributed by atoms with Gasteiger partial charge in [-0.05, 0) is 31.0 Å². The molecule has 0 fully saturated rings. The lowest BCUT2D eigenvalue weighted by Crippen LogP contribution is -2.25. The predicted octanol–water partition coefficient (Wildman–Crippen LogP) is 2.99. The van der Waals surface area contributed by atoms with Gasteiger partial charge in [-0.1, -0.05) is 6.07 Å². The first-order chi connectivity index (χ1) is 10.5. The third kappa shape index (κ3) is 2.62. The third-order valence-corrected chi connectivity index (χ3v) is 4.59. The standard InChI is InChI=1S/C16H17N3O2S/c1-9-15(18-16(22-9)17-10(2)20)13-4-5-14-12(8-13)6-7-19(14)11(3)21/h4-5,8H,6-7H2,1-3H3,(H,17,18,20). The molecule has 0 unspecified atom stereocenters. The van der Waals surface area contributed by atoms with Crippen LogP contribution in [0.1, 0.15) is 24.3 Å². The van der Waals surface area contributed by atoms with Crippen molar-refractivity contribution in [1.29, 1.82) is 0 Å². The van der Waals surface area contributed by atoms with E-state index in [2.05, 4.69) is 16.4 Å². The number of amides is 2. The molecule has 0 saturated carbocycles. The number of fused-ring (bicyclic) bond motifs is 1. The van der Waals surface area contributed by atoms with E-state index in [0.717, 1.165) is 34.8 Å². The van der Waals surface area contributed by atoms with E-state index in [1.165, 1.54) is 23.8 Å². The maximum absolute atomic E-state index is 11.6. The van der Waals surface area contributed by atoms with Crippen LogP contribution in [0.25, 0.3) is 11.3 Å². The molecule has 114 valence electrons. The zero-order valence-corrected chi connectivity index (χ0v) is 13.6. The summed E-state index contributed by atoms with van der Waals surface area (Å²) in [6, 6.07) is 6.06. The van der Waals surface area contributed by atoms with Crippen LogP contribution in [0.3, 0.4) is 0 Å². The SMILES string of the molecule is CC(=O)Nc1nc(-c2ccc3c(c2)CCN3C(C)=O)c(C)s1. The van der Waals surface area contributed by atoms with Gasteiger partial charge in [-0.15, -0.1) is 11.3 Å². The smallest absolute Gasteiger partial charge is 0.223 e. The van der Waals surface area contributed by atoms with E-state index in [1.54, 1.807) is 11.8 Å². The van der Waals surface area contributed by atoms with E-state index < -0.39 is 0 Å². The highest BCUT2D eigenvalue weighted by atomic mass is 32.1. The molecule has 0 saturated heterocycles. The van der Waals surface area contributed by atoms with Gasteiger partial charge < -0.3 is 10.2 Å². The lowest BCUT2D eigenvalue weighted by molar-refractivity contribution is -0.116. The summed E-state index contributed by atoms with van der Waals surface area (Å²) in [7, 11) is 0. The topological polar surface area (TPSA) is 62.3 Å². The van der Waals surface area contributed by atoms with Crippen molar-refractivity contribution in [2.45, 2.75) is 27.2 Å². The first-order valence-corrected chi connectivity index (χ1v) is 7.94. The second-order valence-corrected chi connectivity index (χ2v) is 6.57. The van der Waals surface area contributed by atoms with E-state index in [-0.39, 0.29) is 11.8 Å². The zero-order chi connectivity index (χ0) is 15.9. The van der Waals surface area contributed by atoms with Gasteiger partial charge in [-0.3, -0.25) is 9.59 Å². The van der Waals surface area contributed by atoms with Crippen molar-refractivity contribution in [3.05, 3.63) is 28.6 Å². The Morgan fingerprint density at radius 1 is 1.32 bits per heavy atom. The summed E-state index contributed by atoms with van der Waals surface area (Å²) in [5.74, 6) is -0.0457. The van der Waals surface area contributed by atoms with Crippen LogP contribution in [-0.4, -0.2) is 23.3 Å². The summed E-state index contributed by atoms with van der Waals surface area (Å²) in [4.78, 5) is 30.1. The highest BCUT2D eigenvalue weighted by molar-refractivity contribution is 7.16. The van der Waals surface area contributed by atoms with Gasteiger partial charge in [0.1, 0.15) is 0 Å². The molecule has 2 aromatic rings. The van der Waals surface area contributed by atoms with Crippen LogP contribution in [0.2, 0.25) is 0 Å². The molecule has 0 spiro atoms. The van der Waals surface area contributed by atoms with Gasteiger partial charge in [-0.2, -0.15) is 0 Å². The predicted molar refractivity (Wildman–Crippen MR) is 88.3 cm³/mol. The Kier molecular flexibility index (Phi) is 3.70. The number of carbonyl (C=O) groups is 2. The number of benzene rings is 1. The molecule has 0 aliphatic carbocycles. The number of aromatic nitrogens is 1. The fourth-order valence-electron chi connectivity index (χ4n) is 2.74. The lowest BCUT2D eigenvalue weighted by atomic mass is 10.1. The van der Waals surface area contributed by atoms with Crippen molar-refractivity contribution in [2.24, 2.45) is 0 Å². The summed E-state index contributed by atoms with van der Waals surface area (Å²) in [5.41, 5.74) is 4.07. The van der Waals surface area contributed by atoms with Crippen molar-refractivity contribution in [1.82, 2.24) is 4.98 Å². The third-order valence-electron chi connectivity index (χ3n) is 3.71. The summed E-state index contributed by atoms with van der Waals surface area (Å²) in [6.07, 6.45) is 0.866. The molecule has 2 amide bonds. The zero-order valence-electron chi connectivity index (χ0n) is 12.8. The minimum atomic E-state index is -0.119. The van der Waals surface area contributed by atoms with Crippen LogP contribution in [0.5, 0.6) is 0 Å². The Morgan fingerprint density at radius 3 is 2.77 bits per heavy atom. The van der Waals surface area contributed by atoms with E-state index in [1.807, 2.05) is 19.1 Å². The van der Waals surface area contributed by atoms with Crippen molar-refractivity contribution in [3.8, 4) is 11.3 Å². The van der Waals surface area contributed by atoms with Crippen molar-refractivity contribution in [2.75, 3.05) is 16.8 Å². The van der Waals surface area contributed by atoms with Crippen LogP contribution >= 0.6 is 11.3 Å². The molecular weight excluding hydrogens is 298 g/mol. The molecule has 1 aromatic heterocycles. The van der Waals surface area contributed by atoms with E-state index in [9.17, 15) is 9.59 Å². The Labute approximate surface area is 133 Å². The normalized spacial score (nSPS) is 13.1.